The molecule has 1 aliphatic carbocycles. The summed E-state index contributed by atoms with van der Waals surface area (Å²) in [5, 5.41) is 17.6. The molecular weight excluding hydrogens is 370 g/mol. The van der Waals surface area contributed by atoms with Gasteiger partial charge in [0.15, 0.2) is 5.82 Å². The number of carbonyl (C=O) groups excluding carboxylic acids is 1. The molecule has 0 aliphatic heterocycles. The highest BCUT2D eigenvalue weighted by atomic mass is 32.1. The molecule has 0 spiro atoms. The number of amides is 1. The number of hydrogen-bond donors (Lipinski definition) is 1. The van der Waals surface area contributed by atoms with Crippen molar-refractivity contribution in [3.05, 3.63) is 52.2 Å². The van der Waals surface area contributed by atoms with E-state index in [1.54, 1.807) is 16.0 Å². The smallest absolute Gasteiger partial charge is 0.246 e. The molecule has 1 aromatic carbocycles. The average Bonchev–Trinajstić information content (AvgIpc) is 3.12. The van der Waals surface area contributed by atoms with Crippen molar-refractivity contribution in [1.82, 2.24) is 14.8 Å². The van der Waals surface area contributed by atoms with Crippen LogP contribution >= 0.6 is 11.3 Å². The predicted octanol–water partition coefficient (Wildman–Crippen LogP) is 4.09. The minimum atomic E-state index is -0.199. The number of fused-ring (bicyclic) bond motifs is 1. The number of nitriles is 1. The van der Waals surface area contributed by atoms with Crippen molar-refractivity contribution in [1.29, 1.82) is 5.26 Å². The van der Waals surface area contributed by atoms with Gasteiger partial charge >= 0.3 is 0 Å². The molecule has 0 bridgehead atoms. The number of hydrogen-bond acceptors (Lipinski definition) is 5. The Bertz CT molecular complexity index is 1040. The standard InChI is InChI=1S/C21H21N5OS/c1-14-23-20(15-8-4-2-5-9-15)26(25-14)13-19(27)24-21-17(12-22)16-10-6-3-7-11-18(16)28-21/h2,4-5,8-9H,3,6-7,10-11,13H2,1H3,(H,24,27). The number of carbonyl (C=O) groups is 1. The molecule has 1 amide bonds. The molecule has 0 radical (unpaired) electrons. The van der Waals surface area contributed by atoms with Crippen LogP contribution in [0.25, 0.3) is 11.4 Å². The Hall–Kier alpha value is -2.98. The SMILES string of the molecule is Cc1nc(-c2ccccc2)n(CC(=O)Nc2sc3c(c2C#N)CCCCC3)n1. The Kier molecular flexibility index (Phi) is 5.22. The first kappa shape index (κ1) is 18.4. The van der Waals surface area contributed by atoms with Crippen molar-refractivity contribution in [3.63, 3.8) is 0 Å². The number of benzene rings is 1. The molecule has 28 heavy (non-hydrogen) atoms. The van der Waals surface area contributed by atoms with E-state index in [9.17, 15) is 10.1 Å². The summed E-state index contributed by atoms with van der Waals surface area (Å²) >= 11 is 1.54. The lowest BCUT2D eigenvalue weighted by atomic mass is 10.1. The highest BCUT2D eigenvalue weighted by molar-refractivity contribution is 7.16. The van der Waals surface area contributed by atoms with Gasteiger partial charge in [-0.05, 0) is 38.2 Å². The number of aromatic nitrogens is 3. The third-order valence-corrected chi connectivity index (χ3v) is 6.10. The fourth-order valence-corrected chi connectivity index (χ4v) is 4.87. The number of aryl methyl sites for hydroxylation is 2. The Morgan fingerprint density at radius 1 is 1.25 bits per heavy atom. The van der Waals surface area contributed by atoms with Gasteiger partial charge in [0.1, 0.15) is 23.4 Å². The Balaban J connectivity index is 1.56. The van der Waals surface area contributed by atoms with Crippen molar-refractivity contribution in [3.8, 4) is 17.5 Å². The van der Waals surface area contributed by atoms with E-state index in [0.717, 1.165) is 36.8 Å². The zero-order valence-electron chi connectivity index (χ0n) is 15.7. The molecule has 2 aromatic heterocycles. The number of rotatable bonds is 4. The summed E-state index contributed by atoms with van der Waals surface area (Å²) in [5.74, 6) is 1.08. The first-order valence-electron chi connectivity index (χ1n) is 9.47. The second kappa shape index (κ2) is 7.95. The lowest BCUT2D eigenvalue weighted by molar-refractivity contribution is -0.116. The van der Waals surface area contributed by atoms with Gasteiger partial charge in [0.05, 0.1) is 5.56 Å². The maximum Gasteiger partial charge on any atom is 0.246 e. The van der Waals surface area contributed by atoms with Crippen LogP contribution in [0.4, 0.5) is 5.00 Å². The summed E-state index contributed by atoms with van der Waals surface area (Å²) in [6, 6.07) is 12.0. The zero-order chi connectivity index (χ0) is 19.5. The number of thiophene rings is 1. The summed E-state index contributed by atoms with van der Waals surface area (Å²) in [7, 11) is 0. The van der Waals surface area contributed by atoms with Crippen molar-refractivity contribution < 1.29 is 4.79 Å². The van der Waals surface area contributed by atoms with E-state index in [2.05, 4.69) is 21.5 Å². The normalized spacial score (nSPS) is 13.4. The van der Waals surface area contributed by atoms with Gasteiger partial charge in [-0.1, -0.05) is 36.8 Å². The molecule has 3 aromatic rings. The molecule has 1 aliphatic rings. The van der Waals surface area contributed by atoms with E-state index in [1.807, 2.05) is 37.3 Å². The van der Waals surface area contributed by atoms with E-state index >= 15 is 0 Å². The van der Waals surface area contributed by atoms with Gasteiger partial charge in [0, 0.05) is 10.4 Å². The van der Waals surface area contributed by atoms with E-state index in [0.29, 0.717) is 22.2 Å². The van der Waals surface area contributed by atoms with Gasteiger partial charge in [-0.15, -0.1) is 11.3 Å². The Morgan fingerprint density at radius 3 is 2.82 bits per heavy atom. The van der Waals surface area contributed by atoms with Crippen molar-refractivity contribution in [2.75, 3.05) is 5.32 Å². The molecule has 0 saturated carbocycles. The Labute approximate surface area is 167 Å². The maximum atomic E-state index is 12.7. The van der Waals surface area contributed by atoms with Gasteiger partial charge in [-0.3, -0.25) is 4.79 Å². The lowest BCUT2D eigenvalue weighted by Crippen LogP contribution is -2.20. The second-order valence-electron chi connectivity index (χ2n) is 6.93. The topological polar surface area (TPSA) is 83.6 Å². The van der Waals surface area contributed by atoms with Crippen molar-refractivity contribution >= 4 is 22.2 Å². The second-order valence-corrected chi connectivity index (χ2v) is 8.04. The monoisotopic (exact) mass is 391 g/mol. The maximum absolute atomic E-state index is 12.7. The van der Waals surface area contributed by atoms with Crippen LogP contribution in [-0.2, 0) is 24.2 Å². The van der Waals surface area contributed by atoms with Crippen LogP contribution in [0.1, 0.15) is 41.1 Å². The van der Waals surface area contributed by atoms with Gasteiger partial charge in [0.2, 0.25) is 5.91 Å². The molecule has 4 rings (SSSR count). The highest BCUT2D eigenvalue weighted by Crippen LogP contribution is 2.37. The molecule has 6 nitrogen and oxygen atoms in total. The fraction of sp³-hybridized carbons (Fsp3) is 0.333. The van der Waals surface area contributed by atoms with Crippen molar-refractivity contribution in [2.45, 2.75) is 45.6 Å². The van der Waals surface area contributed by atoms with Crippen LogP contribution in [0.15, 0.2) is 30.3 Å². The average molecular weight is 392 g/mol. The van der Waals surface area contributed by atoms with Crippen LogP contribution < -0.4 is 5.32 Å². The summed E-state index contributed by atoms with van der Waals surface area (Å²) in [4.78, 5) is 18.4. The van der Waals surface area contributed by atoms with Gasteiger partial charge in [0.25, 0.3) is 0 Å². The van der Waals surface area contributed by atoms with E-state index in [1.165, 1.54) is 11.3 Å². The lowest BCUT2D eigenvalue weighted by Gasteiger charge is -2.07. The van der Waals surface area contributed by atoms with Crippen molar-refractivity contribution in [2.24, 2.45) is 0 Å². The highest BCUT2D eigenvalue weighted by Gasteiger charge is 2.21. The summed E-state index contributed by atoms with van der Waals surface area (Å²) in [6.45, 7) is 1.86. The van der Waals surface area contributed by atoms with Crippen LogP contribution in [0, 0.1) is 18.3 Å². The first-order chi connectivity index (χ1) is 13.7. The third kappa shape index (κ3) is 3.69. The van der Waals surface area contributed by atoms with Crippen LogP contribution in [-0.4, -0.2) is 20.7 Å². The van der Waals surface area contributed by atoms with E-state index < -0.39 is 0 Å². The molecule has 0 atom stereocenters. The zero-order valence-corrected chi connectivity index (χ0v) is 16.6. The molecule has 0 saturated heterocycles. The predicted molar refractivity (Wildman–Crippen MR) is 109 cm³/mol. The quantitative estimate of drug-likeness (QED) is 0.679. The third-order valence-electron chi connectivity index (χ3n) is 4.89. The molecule has 7 heteroatoms. The minimum Gasteiger partial charge on any atom is -0.315 e. The van der Waals surface area contributed by atoms with Crippen LogP contribution in [0.3, 0.4) is 0 Å². The van der Waals surface area contributed by atoms with E-state index in [4.69, 9.17) is 0 Å². The molecule has 2 heterocycles. The summed E-state index contributed by atoms with van der Waals surface area (Å²) in [6.07, 6.45) is 5.35. The van der Waals surface area contributed by atoms with Crippen LogP contribution in [0.2, 0.25) is 0 Å². The van der Waals surface area contributed by atoms with Crippen LogP contribution in [0.5, 0.6) is 0 Å². The molecular formula is C21H21N5OS. The van der Waals surface area contributed by atoms with E-state index in [-0.39, 0.29) is 12.5 Å². The van der Waals surface area contributed by atoms with Gasteiger partial charge in [-0.2, -0.15) is 10.4 Å². The molecule has 142 valence electrons. The first-order valence-corrected chi connectivity index (χ1v) is 10.3. The summed E-state index contributed by atoms with van der Waals surface area (Å²) in [5.41, 5.74) is 2.67. The minimum absolute atomic E-state index is 0.0541. The number of anilines is 1. The molecule has 0 unspecified atom stereocenters. The summed E-state index contributed by atoms with van der Waals surface area (Å²) < 4.78 is 1.62. The molecule has 1 N–H and O–H groups in total. The fourth-order valence-electron chi connectivity index (χ4n) is 3.62. The Morgan fingerprint density at radius 2 is 2.04 bits per heavy atom. The number of nitrogens with zero attached hydrogens (tertiary/aromatic N) is 4. The largest absolute Gasteiger partial charge is 0.315 e. The molecule has 0 fully saturated rings. The van der Waals surface area contributed by atoms with Gasteiger partial charge in [-0.25, -0.2) is 9.67 Å². The van der Waals surface area contributed by atoms with Gasteiger partial charge < -0.3 is 5.32 Å². The number of nitrogens with one attached hydrogen (secondary N) is 1.